The molecule has 182 valence electrons. The standard InChI is InChI=1S/C28H28BrNO5/c1-4-33-26(31)16-21-15-24(12-10-18(21)2)34-25-13-11-23(29)14-22(25)17-30-19(3)27(35-28(30)32)20-8-6-5-7-9-20/h5-15,19,27H,4,16-17H2,1-3H3/t19-,27-/m1/s1. The molecule has 0 spiro atoms. The molecule has 0 N–H and O–H groups in total. The molecule has 1 fully saturated rings. The number of cyclic esters (lactones) is 1. The van der Waals surface area contributed by atoms with Gasteiger partial charge in [0.25, 0.3) is 0 Å². The molecule has 0 aliphatic carbocycles. The van der Waals surface area contributed by atoms with Gasteiger partial charge in [-0.3, -0.25) is 9.69 Å². The van der Waals surface area contributed by atoms with Gasteiger partial charge in [0.2, 0.25) is 0 Å². The minimum absolute atomic E-state index is 0.146. The first-order chi connectivity index (χ1) is 16.9. The first-order valence-electron chi connectivity index (χ1n) is 11.6. The zero-order valence-electron chi connectivity index (χ0n) is 20.0. The average molecular weight is 538 g/mol. The number of benzene rings is 3. The van der Waals surface area contributed by atoms with Gasteiger partial charge < -0.3 is 14.2 Å². The van der Waals surface area contributed by atoms with Crippen LogP contribution in [0.5, 0.6) is 11.5 Å². The van der Waals surface area contributed by atoms with Gasteiger partial charge in [0.05, 0.1) is 25.6 Å². The van der Waals surface area contributed by atoms with Crippen molar-refractivity contribution in [3.05, 3.63) is 93.5 Å². The van der Waals surface area contributed by atoms with E-state index < -0.39 is 0 Å². The van der Waals surface area contributed by atoms with Gasteiger partial charge in [-0.05, 0) is 67.8 Å². The molecule has 3 aromatic carbocycles. The summed E-state index contributed by atoms with van der Waals surface area (Å²) in [5, 5.41) is 0. The van der Waals surface area contributed by atoms with Gasteiger partial charge in [-0.15, -0.1) is 0 Å². The maximum Gasteiger partial charge on any atom is 0.411 e. The van der Waals surface area contributed by atoms with Crippen molar-refractivity contribution in [2.75, 3.05) is 6.61 Å². The van der Waals surface area contributed by atoms with Gasteiger partial charge in [0.1, 0.15) is 17.6 Å². The number of carbonyl (C=O) groups excluding carboxylic acids is 2. The molecule has 7 heteroatoms. The molecule has 2 atom stereocenters. The number of esters is 1. The van der Waals surface area contributed by atoms with E-state index in [1.165, 1.54) is 0 Å². The number of hydrogen-bond acceptors (Lipinski definition) is 5. The zero-order valence-corrected chi connectivity index (χ0v) is 21.6. The van der Waals surface area contributed by atoms with E-state index in [4.69, 9.17) is 14.2 Å². The Labute approximate surface area is 213 Å². The van der Waals surface area contributed by atoms with Gasteiger partial charge in [0, 0.05) is 10.0 Å². The number of aryl methyl sites for hydroxylation is 1. The largest absolute Gasteiger partial charge is 0.466 e. The van der Waals surface area contributed by atoms with Crippen molar-refractivity contribution in [2.45, 2.75) is 45.9 Å². The second kappa shape index (κ2) is 11.0. The molecule has 1 aliphatic rings. The molecule has 35 heavy (non-hydrogen) atoms. The van der Waals surface area contributed by atoms with E-state index in [1.807, 2.05) is 80.6 Å². The monoisotopic (exact) mass is 537 g/mol. The molecule has 1 heterocycles. The van der Waals surface area contributed by atoms with E-state index in [2.05, 4.69) is 15.9 Å². The van der Waals surface area contributed by atoms with E-state index in [1.54, 1.807) is 11.8 Å². The van der Waals surface area contributed by atoms with E-state index >= 15 is 0 Å². The van der Waals surface area contributed by atoms with E-state index in [0.29, 0.717) is 24.7 Å². The predicted octanol–water partition coefficient (Wildman–Crippen LogP) is 6.74. The average Bonchev–Trinajstić information content (AvgIpc) is 3.12. The Balaban J connectivity index is 1.55. The molecule has 1 saturated heterocycles. The number of carbonyl (C=O) groups is 2. The van der Waals surface area contributed by atoms with E-state index in [0.717, 1.165) is 26.7 Å². The maximum absolute atomic E-state index is 12.8. The number of rotatable bonds is 8. The number of hydrogen-bond donors (Lipinski definition) is 0. The summed E-state index contributed by atoms with van der Waals surface area (Å²) in [6, 6.07) is 21.0. The normalized spacial score (nSPS) is 17.3. The minimum atomic E-state index is -0.357. The highest BCUT2D eigenvalue weighted by atomic mass is 79.9. The van der Waals surface area contributed by atoms with Crippen LogP contribution in [0.3, 0.4) is 0 Å². The molecule has 0 unspecified atom stereocenters. The third-order valence-electron chi connectivity index (χ3n) is 6.07. The molecule has 4 rings (SSSR count). The van der Waals surface area contributed by atoms with Crippen LogP contribution in [0.15, 0.2) is 71.2 Å². The van der Waals surface area contributed by atoms with Crippen molar-refractivity contribution < 1.29 is 23.8 Å². The molecular weight excluding hydrogens is 510 g/mol. The number of ether oxygens (including phenoxy) is 3. The van der Waals surface area contributed by atoms with Crippen LogP contribution >= 0.6 is 15.9 Å². The van der Waals surface area contributed by atoms with Crippen LogP contribution in [0, 0.1) is 6.92 Å². The predicted molar refractivity (Wildman–Crippen MR) is 136 cm³/mol. The lowest BCUT2D eigenvalue weighted by Gasteiger charge is -2.22. The summed E-state index contributed by atoms with van der Waals surface area (Å²) < 4.78 is 17.9. The van der Waals surface area contributed by atoms with Crippen molar-refractivity contribution in [1.82, 2.24) is 4.90 Å². The summed E-state index contributed by atoms with van der Waals surface area (Å²) in [6.07, 6.45) is -0.505. The van der Waals surface area contributed by atoms with Crippen LogP contribution in [-0.4, -0.2) is 29.6 Å². The summed E-state index contributed by atoms with van der Waals surface area (Å²) in [5.74, 6) is 0.964. The van der Waals surface area contributed by atoms with Gasteiger partial charge >= 0.3 is 12.1 Å². The van der Waals surface area contributed by atoms with E-state index in [9.17, 15) is 9.59 Å². The Hall–Kier alpha value is -3.32. The number of nitrogens with zero attached hydrogens (tertiary/aromatic N) is 1. The molecule has 0 bridgehead atoms. The summed E-state index contributed by atoms with van der Waals surface area (Å²) in [6.45, 7) is 6.41. The quantitative estimate of drug-likeness (QED) is 0.298. The SMILES string of the molecule is CCOC(=O)Cc1cc(Oc2ccc(Br)cc2CN2C(=O)O[C@@H](c3ccccc3)[C@H]2C)ccc1C. The van der Waals surface area contributed by atoms with Crippen molar-refractivity contribution in [1.29, 1.82) is 0 Å². The van der Waals surface area contributed by atoms with Gasteiger partial charge in [-0.1, -0.05) is 52.3 Å². The van der Waals surface area contributed by atoms with Crippen molar-refractivity contribution in [3.63, 3.8) is 0 Å². The van der Waals surface area contributed by atoms with Crippen molar-refractivity contribution >= 4 is 28.0 Å². The lowest BCUT2D eigenvalue weighted by molar-refractivity contribution is -0.142. The zero-order chi connectivity index (χ0) is 24.9. The Kier molecular flexibility index (Phi) is 7.76. The van der Waals surface area contributed by atoms with Crippen LogP contribution in [0.2, 0.25) is 0 Å². The van der Waals surface area contributed by atoms with Crippen molar-refractivity contribution in [2.24, 2.45) is 0 Å². The van der Waals surface area contributed by atoms with Crippen LogP contribution in [0.25, 0.3) is 0 Å². The molecule has 3 aromatic rings. The van der Waals surface area contributed by atoms with Crippen LogP contribution in [0.4, 0.5) is 4.79 Å². The highest BCUT2D eigenvalue weighted by Crippen LogP contribution is 2.36. The first-order valence-corrected chi connectivity index (χ1v) is 12.4. The first kappa shape index (κ1) is 24.8. The highest BCUT2D eigenvalue weighted by molar-refractivity contribution is 9.10. The third kappa shape index (κ3) is 5.85. The second-order valence-electron chi connectivity index (χ2n) is 8.51. The lowest BCUT2D eigenvalue weighted by Crippen LogP contribution is -2.31. The van der Waals surface area contributed by atoms with Gasteiger partial charge in [0.15, 0.2) is 0 Å². The second-order valence-corrected chi connectivity index (χ2v) is 9.42. The van der Waals surface area contributed by atoms with Crippen LogP contribution < -0.4 is 4.74 Å². The molecule has 1 amide bonds. The Morgan fingerprint density at radius 1 is 1.06 bits per heavy atom. The third-order valence-corrected chi connectivity index (χ3v) is 6.57. The fraction of sp³-hybridized carbons (Fsp3) is 0.286. The maximum atomic E-state index is 12.8. The van der Waals surface area contributed by atoms with Crippen LogP contribution in [0.1, 0.15) is 42.2 Å². The summed E-state index contributed by atoms with van der Waals surface area (Å²) in [4.78, 5) is 26.5. The van der Waals surface area contributed by atoms with Gasteiger partial charge in [-0.25, -0.2) is 4.79 Å². The minimum Gasteiger partial charge on any atom is -0.466 e. The molecule has 0 radical (unpaired) electrons. The summed E-state index contributed by atoms with van der Waals surface area (Å²) in [7, 11) is 0. The Morgan fingerprint density at radius 2 is 1.83 bits per heavy atom. The molecule has 6 nitrogen and oxygen atoms in total. The molecule has 0 aromatic heterocycles. The summed E-state index contributed by atoms with van der Waals surface area (Å²) in [5.41, 5.74) is 3.64. The smallest absolute Gasteiger partial charge is 0.411 e. The highest BCUT2D eigenvalue weighted by Gasteiger charge is 2.39. The Morgan fingerprint density at radius 3 is 2.57 bits per heavy atom. The molecular formula is C28H28BrNO5. The van der Waals surface area contributed by atoms with Crippen molar-refractivity contribution in [3.8, 4) is 11.5 Å². The van der Waals surface area contributed by atoms with Crippen LogP contribution in [-0.2, 0) is 27.2 Å². The van der Waals surface area contributed by atoms with Gasteiger partial charge in [-0.2, -0.15) is 0 Å². The topological polar surface area (TPSA) is 65.1 Å². The lowest BCUT2D eigenvalue weighted by atomic mass is 10.0. The van der Waals surface area contributed by atoms with E-state index in [-0.39, 0.29) is 30.6 Å². The fourth-order valence-corrected chi connectivity index (χ4v) is 4.56. The fourth-order valence-electron chi connectivity index (χ4n) is 4.15. The Bertz CT molecular complexity index is 1210. The molecule has 0 saturated carbocycles. The number of amides is 1. The number of halogens is 1. The summed E-state index contributed by atoms with van der Waals surface area (Å²) >= 11 is 3.53. The molecule has 1 aliphatic heterocycles.